The number of carbonyl (C=O) groups is 2. The predicted octanol–water partition coefficient (Wildman–Crippen LogP) is 5.00. The monoisotopic (exact) mass is 499 g/mol. The number of anilines is 1. The smallest absolute Gasteiger partial charge is 0.306 e. The van der Waals surface area contributed by atoms with E-state index in [4.69, 9.17) is 4.74 Å². The van der Waals surface area contributed by atoms with Crippen molar-refractivity contribution in [3.05, 3.63) is 102 Å². The number of nitrogens with zero attached hydrogens (tertiary/aromatic N) is 2. The van der Waals surface area contributed by atoms with Gasteiger partial charge >= 0.3 is 5.97 Å². The number of ether oxygens (including phenoxy) is 1. The number of para-hydroxylation sites is 1. The van der Waals surface area contributed by atoms with Gasteiger partial charge in [-0.05, 0) is 23.3 Å². The van der Waals surface area contributed by atoms with Gasteiger partial charge in [-0.2, -0.15) is 0 Å². The van der Waals surface area contributed by atoms with Crippen molar-refractivity contribution in [1.29, 1.82) is 0 Å². The first-order valence-electron chi connectivity index (χ1n) is 13.1. The third-order valence-corrected chi connectivity index (χ3v) is 7.18. The molecule has 0 atom stereocenters. The fourth-order valence-corrected chi connectivity index (χ4v) is 5.05. The van der Waals surface area contributed by atoms with Gasteiger partial charge in [0.2, 0.25) is 0 Å². The standard InChI is InChI=1S/C31H37N3O3/c1-3-29(35)37-31(26-14-8-5-9-15-26)18-20-33(21-19-31)22-23-34(24-25-12-6-4-7-13-25)28-17-11-10-16-27(28)30(36)32-2/h4-17H,3,18-24H2,1-2H3,(H,32,36). The van der Waals surface area contributed by atoms with Gasteiger partial charge in [0.25, 0.3) is 5.91 Å². The topological polar surface area (TPSA) is 61.9 Å². The van der Waals surface area contributed by atoms with E-state index in [1.165, 1.54) is 5.56 Å². The summed E-state index contributed by atoms with van der Waals surface area (Å²) >= 11 is 0. The number of nitrogens with one attached hydrogen (secondary N) is 1. The Morgan fingerprint density at radius 3 is 2.19 bits per heavy atom. The average molecular weight is 500 g/mol. The van der Waals surface area contributed by atoms with Crippen LogP contribution in [0.1, 0.15) is 47.7 Å². The van der Waals surface area contributed by atoms with Crippen molar-refractivity contribution in [3.8, 4) is 0 Å². The second-order valence-electron chi connectivity index (χ2n) is 9.53. The van der Waals surface area contributed by atoms with Crippen LogP contribution in [0.25, 0.3) is 0 Å². The van der Waals surface area contributed by atoms with Crippen LogP contribution in [0.2, 0.25) is 0 Å². The van der Waals surface area contributed by atoms with Gasteiger partial charge in [-0.1, -0.05) is 79.7 Å². The zero-order valence-electron chi connectivity index (χ0n) is 21.9. The molecule has 37 heavy (non-hydrogen) atoms. The Labute approximate surface area is 220 Å². The van der Waals surface area contributed by atoms with Gasteiger partial charge < -0.3 is 19.9 Å². The molecule has 0 saturated carbocycles. The molecule has 1 aliphatic rings. The molecule has 1 saturated heterocycles. The van der Waals surface area contributed by atoms with Crippen LogP contribution in [0.4, 0.5) is 5.69 Å². The lowest BCUT2D eigenvalue weighted by Crippen LogP contribution is -2.47. The molecule has 0 unspecified atom stereocenters. The maximum atomic E-state index is 12.6. The van der Waals surface area contributed by atoms with Crippen LogP contribution in [0.15, 0.2) is 84.9 Å². The molecule has 0 aromatic heterocycles. The minimum atomic E-state index is -0.569. The van der Waals surface area contributed by atoms with Crippen molar-refractivity contribution in [1.82, 2.24) is 10.2 Å². The number of rotatable bonds is 10. The van der Waals surface area contributed by atoms with Gasteiger partial charge in [-0.15, -0.1) is 0 Å². The highest BCUT2D eigenvalue weighted by Gasteiger charge is 2.39. The van der Waals surface area contributed by atoms with E-state index >= 15 is 0 Å². The lowest BCUT2D eigenvalue weighted by atomic mass is 9.84. The first-order chi connectivity index (χ1) is 18.0. The Hall–Kier alpha value is -3.64. The van der Waals surface area contributed by atoms with E-state index < -0.39 is 5.60 Å². The quantitative estimate of drug-likeness (QED) is 0.398. The van der Waals surface area contributed by atoms with Crippen LogP contribution in [-0.2, 0) is 21.7 Å². The zero-order chi connectivity index (χ0) is 26.1. The summed E-state index contributed by atoms with van der Waals surface area (Å²) in [6, 6.07) is 28.3. The number of likely N-dealkylation sites (tertiary alicyclic amines) is 1. The van der Waals surface area contributed by atoms with Crippen molar-refractivity contribution < 1.29 is 14.3 Å². The Bertz CT molecular complexity index is 1160. The molecule has 0 bridgehead atoms. The molecule has 6 nitrogen and oxygen atoms in total. The molecule has 4 rings (SSSR count). The molecule has 1 aliphatic heterocycles. The molecule has 0 radical (unpaired) electrons. The highest BCUT2D eigenvalue weighted by atomic mass is 16.6. The molecular weight excluding hydrogens is 462 g/mol. The third kappa shape index (κ3) is 6.57. The van der Waals surface area contributed by atoms with Crippen LogP contribution in [-0.4, -0.2) is 50.0 Å². The largest absolute Gasteiger partial charge is 0.454 e. The van der Waals surface area contributed by atoms with E-state index in [1.807, 2.05) is 67.6 Å². The lowest BCUT2D eigenvalue weighted by Gasteiger charge is -2.42. The van der Waals surface area contributed by atoms with E-state index in [9.17, 15) is 9.59 Å². The highest BCUT2D eigenvalue weighted by molar-refractivity contribution is 5.99. The molecule has 1 fully saturated rings. The van der Waals surface area contributed by atoms with Crippen molar-refractivity contribution in [2.75, 3.05) is 38.1 Å². The molecule has 1 N–H and O–H groups in total. The minimum absolute atomic E-state index is 0.0861. The summed E-state index contributed by atoms with van der Waals surface area (Å²) in [5.41, 5.74) is 3.30. The van der Waals surface area contributed by atoms with Crippen molar-refractivity contribution in [2.45, 2.75) is 38.3 Å². The molecule has 0 aliphatic carbocycles. The van der Waals surface area contributed by atoms with Crippen molar-refractivity contribution in [3.63, 3.8) is 0 Å². The van der Waals surface area contributed by atoms with Crippen molar-refractivity contribution in [2.24, 2.45) is 0 Å². The normalized spacial score (nSPS) is 15.1. The van der Waals surface area contributed by atoms with Gasteiger partial charge in [0.15, 0.2) is 0 Å². The summed E-state index contributed by atoms with van der Waals surface area (Å²) in [6.07, 6.45) is 1.89. The molecule has 3 aromatic rings. The second-order valence-corrected chi connectivity index (χ2v) is 9.53. The van der Waals surface area contributed by atoms with Crippen LogP contribution in [0.3, 0.4) is 0 Å². The first kappa shape index (κ1) is 26.4. The summed E-state index contributed by atoms with van der Waals surface area (Å²) < 4.78 is 6.07. The number of esters is 1. The van der Waals surface area contributed by atoms with E-state index in [2.05, 4.69) is 39.4 Å². The number of carbonyl (C=O) groups excluding carboxylic acids is 2. The van der Waals surface area contributed by atoms with Gasteiger partial charge in [0.1, 0.15) is 5.60 Å². The fraction of sp³-hybridized carbons (Fsp3) is 0.355. The van der Waals surface area contributed by atoms with E-state index in [0.717, 1.165) is 50.3 Å². The second kappa shape index (κ2) is 12.5. The Morgan fingerprint density at radius 1 is 0.919 bits per heavy atom. The lowest BCUT2D eigenvalue weighted by molar-refractivity contribution is -0.166. The number of amides is 1. The first-order valence-corrected chi connectivity index (χ1v) is 13.1. The predicted molar refractivity (Wildman–Crippen MR) is 148 cm³/mol. The SMILES string of the molecule is CCC(=O)OC1(c2ccccc2)CCN(CCN(Cc2ccccc2)c2ccccc2C(=O)NC)CC1. The number of benzene rings is 3. The Balaban J connectivity index is 1.49. The van der Waals surface area contributed by atoms with Crippen LogP contribution < -0.4 is 10.2 Å². The summed E-state index contributed by atoms with van der Waals surface area (Å²) in [6.45, 7) is 5.85. The molecule has 1 amide bonds. The summed E-state index contributed by atoms with van der Waals surface area (Å²) in [4.78, 5) is 29.7. The summed E-state index contributed by atoms with van der Waals surface area (Å²) in [7, 11) is 1.67. The Kier molecular flexibility index (Phi) is 8.96. The fourth-order valence-electron chi connectivity index (χ4n) is 5.05. The van der Waals surface area contributed by atoms with Crippen LogP contribution in [0.5, 0.6) is 0 Å². The van der Waals surface area contributed by atoms with E-state index in [0.29, 0.717) is 18.5 Å². The third-order valence-electron chi connectivity index (χ3n) is 7.18. The average Bonchev–Trinajstić information content (AvgIpc) is 2.96. The number of hydrogen-bond donors (Lipinski definition) is 1. The highest BCUT2D eigenvalue weighted by Crippen LogP contribution is 2.37. The van der Waals surface area contributed by atoms with Crippen LogP contribution >= 0.6 is 0 Å². The maximum absolute atomic E-state index is 12.6. The van der Waals surface area contributed by atoms with Gasteiger partial charge in [-0.25, -0.2) is 0 Å². The summed E-state index contributed by atoms with van der Waals surface area (Å²) in [5, 5.41) is 2.77. The molecular formula is C31H37N3O3. The van der Waals surface area contributed by atoms with Gasteiger partial charge in [0, 0.05) is 64.7 Å². The number of hydrogen-bond acceptors (Lipinski definition) is 5. The maximum Gasteiger partial charge on any atom is 0.306 e. The number of piperidine rings is 1. The van der Waals surface area contributed by atoms with E-state index in [1.54, 1.807) is 7.05 Å². The molecule has 6 heteroatoms. The summed E-state index contributed by atoms with van der Waals surface area (Å²) in [5.74, 6) is -0.242. The Morgan fingerprint density at radius 2 is 1.54 bits per heavy atom. The molecule has 194 valence electrons. The van der Waals surface area contributed by atoms with Crippen LogP contribution in [0, 0.1) is 0 Å². The molecule has 3 aromatic carbocycles. The van der Waals surface area contributed by atoms with Crippen molar-refractivity contribution >= 4 is 17.6 Å². The molecule has 0 spiro atoms. The zero-order valence-corrected chi connectivity index (χ0v) is 21.9. The van der Waals surface area contributed by atoms with Gasteiger partial charge in [-0.3, -0.25) is 9.59 Å². The van der Waals surface area contributed by atoms with Gasteiger partial charge in [0.05, 0.1) is 5.56 Å². The molecule has 1 heterocycles. The minimum Gasteiger partial charge on any atom is -0.454 e. The van der Waals surface area contributed by atoms with E-state index in [-0.39, 0.29) is 11.9 Å².